The Labute approximate surface area is 125 Å². The summed E-state index contributed by atoms with van der Waals surface area (Å²) in [6.45, 7) is 0.540. The fourth-order valence-electron chi connectivity index (χ4n) is 2.25. The number of nitrogens with one attached hydrogen (secondary N) is 1. The Kier molecular flexibility index (Phi) is 3.94. The van der Waals surface area contributed by atoms with E-state index in [9.17, 15) is 5.11 Å². The van der Waals surface area contributed by atoms with E-state index in [4.69, 9.17) is 27.7 Å². The molecule has 0 spiro atoms. The van der Waals surface area contributed by atoms with Gasteiger partial charge >= 0.3 is 0 Å². The molecule has 7 heteroatoms. The fourth-order valence-corrected chi connectivity index (χ4v) is 2.78. The molecule has 0 radical (unpaired) electrons. The zero-order valence-corrected chi connectivity index (χ0v) is 12.0. The lowest BCUT2D eigenvalue weighted by atomic mass is 10.1. The van der Waals surface area contributed by atoms with Gasteiger partial charge in [-0.25, -0.2) is 0 Å². The normalized spacial score (nSPS) is 22.4. The molecule has 106 valence electrons. The Morgan fingerprint density at radius 2 is 2.10 bits per heavy atom. The van der Waals surface area contributed by atoms with Crippen molar-refractivity contribution in [1.82, 2.24) is 15.5 Å². The molecule has 20 heavy (non-hydrogen) atoms. The van der Waals surface area contributed by atoms with Gasteiger partial charge in [0.1, 0.15) is 0 Å². The number of halogens is 2. The van der Waals surface area contributed by atoms with Crippen LogP contribution in [-0.4, -0.2) is 27.9 Å². The van der Waals surface area contributed by atoms with E-state index >= 15 is 0 Å². The molecular weight excluding hydrogens is 301 g/mol. The molecule has 3 rings (SSSR count). The molecule has 1 saturated heterocycles. The number of hydrogen-bond donors (Lipinski definition) is 2. The molecule has 2 aromatic rings. The Morgan fingerprint density at radius 3 is 2.75 bits per heavy atom. The lowest BCUT2D eigenvalue weighted by Crippen LogP contribution is -2.15. The van der Waals surface area contributed by atoms with Gasteiger partial charge in [-0.05, 0) is 24.1 Å². The van der Waals surface area contributed by atoms with Gasteiger partial charge in [0, 0.05) is 23.0 Å². The van der Waals surface area contributed by atoms with E-state index < -0.39 is 0 Å². The van der Waals surface area contributed by atoms with Crippen LogP contribution in [0.1, 0.15) is 29.7 Å². The van der Waals surface area contributed by atoms with Crippen molar-refractivity contribution in [2.45, 2.75) is 25.0 Å². The van der Waals surface area contributed by atoms with E-state index in [1.54, 1.807) is 18.2 Å². The van der Waals surface area contributed by atoms with Crippen molar-refractivity contribution in [2.24, 2.45) is 0 Å². The van der Waals surface area contributed by atoms with Crippen LogP contribution < -0.4 is 5.32 Å². The van der Waals surface area contributed by atoms with Crippen LogP contribution >= 0.6 is 23.2 Å². The van der Waals surface area contributed by atoms with Crippen LogP contribution in [0, 0.1) is 0 Å². The molecule has 0 bridgehead atoms. The Hall–Kier alpha value is -1.14. The molecule has 1 aliphatic rings. The summed E-state index contributed by atoms with van der Waals surface area (Å²) in [7, 11) is 0. The monoisotopic (exact) mass is 313 g/mol. The molecule has 0 unspecified atom stereocenters. The Morgan fingerprint density at radius 1 is 1.35 bits per heavy atom. The molecular formula is C13H13Cl2N3O2. The highest BCUT2D eigenvalue weighted by molar-refractivity contribution is 6.36. The van der Waals surface area contributed by atoms with Crippen LogP contribution in [0.2, 0.25) is 10.0 Å². The van der Waals surface area contributed by atoms with Gasteiger partial charge in [-0.1, -0.05) is 34.4 Å². The van der Waals surface area contributed by atoms with Crippen molar-refractivity contribution in [3.8, 4) is 0 Å². The largest absolute Gasteiger partial charge is 0.392 e. The molecule has 1 aliphatic heterocycles. The minimum absolute atomic E-state index is 0.0898. The average Bonchev–Trinajstić information content (AvgIpc) is 3.03. The molecule has 1 aromatic heterocycles. The molecule has 1 aromatic carbocycles. The Balaban J connectivity index is 1.77. The van der Waals surface area contributed by atoms with Crippen LogP contribution in [0.4, 0.5) is 0 Å². The predicted molar refractivity (Wildman–Crippen MR) is 74.9 cm³/mol. The third kappa shape index (κ3) is 2.81. The van der Waals surface area contributed by atoms with Crippen molar-refractivity contribution in [3.63, 3.8) is 0 Å². The number of aliphatic hydroxyl groups is 1. The van der Waals surface area contributed by atoms with Gasteiger partial charge in [0.25, 0.3) is 0 Å². The maximum absolute atomic E-state index is 9.49. The fraction of sp³-hybridized carbons (Fsp3) is 0.385. The second-order valence-electron chi connectivity index (χ2n) is 4.78. The first-order valence-corrected chi connectivity index (χ1v) is 7.06. The summed E-state index contributed by atoms with van der Waals surface area (Å²) in [6.07, 6.45) is 0.625. The maximum Gasteiger partial charge on any atom is 0.243 e. The van der Waals surface area contributed by atoms with E-state index in [1.165, 1.54) is 0 Å². The number of β-amino-alcohol motifs (C(OH)–C–C–N with tert-alkyl or cyclic N) is 1. The highest BCUT2D eigenvalue weighted by Gasteiger charge is 2.28. The number of aliphatic hydroxyl groups excluding tert-OH is 1. The molecule has 2 heterocycles. The summed E-state index contributed by atoms with van der Waals surface area (Å²) in [5.74, 6) is 1.01. The van der Waals surface area contributed by atoms with Gasteiger partial charge in [0.2, 0.25) is 5.89 Å². The highest BCUT2D eigenvalue weighted by atomic mass is 35.5. The summed E-state index contributed by atoms with van der Waals surface area (Å²) in [5, 5.41) is 17.7. The first-order valence-electron chi connectivity index (χ1n) is 6.30. The summed E-state index contributed by atoms with van der Waals surface area (Å²) in [4.78, 5) is 4.34. The number of hydrogen-bond acceptors (Lipinski definition) is 5. The first-order chi connectivity index (χ1) is 9.63. The Bertz CT molecular complexity index is 597. The quantitative estimate of drug-likeness (QED) is 0.910. The topological polar surface area (TPSA) is 71.2 Å². The van der Waals surface area contributed by atoms with Gasteiger partial charge < -0.3 is 14.9 Å². The lowest BCUT2D eigenvalue weighted by molar-refractivity contribution is 0.191. The molecule has 0 aliphatic carbocycles. The molecule has 2 atom stereocenters. The number of rotatable bonds is 3. The zero-order valence-electron chi connectivity index (χ0n) is 10.5. The van der Waals surface area contributed by atoms with Crippen LogP contribution in [0.5, 0.6) is 0 Å². The SMILES string of the molecule is O[C@H]1CN[C@H](c2nc(Cc3c(Cl)cccc3Cl)no2)C1. The molecule has 0 amide bonds. The minimum atomic E-state index is -0.367. The molecule has 1 fully saturated rings. The van der Waals surface area contributed by atoms with Crippen LogP contribution in [0.3, 0.4) is 0 Å². The molecule has 0 saturated carbocycles. The smallest absolute Gasteiger partial charge is 0.243 e. The van der Waals surface area contributed by atoms with Gasteiger partial charge in [-0.15, -0.1) is 0 Å². The molecule has 2 N–H and O–H groups in total. The highest BCUT2D eigenvalue weighted by Crippen LogP contribution is 2.27. The third-order valence-electron chi connectivity index (χ3n) is 3.29. The first kappa shape index (κ1) is 13.8. The third-order valence-corrected chi connectivity index (χ3v) is 3.99. The van der Waals surface area contributed by atoms with E-state index in [0.717, 1.165) is 5.56 Å². The number of nitrogens with zero attached hydrogens (tertiary/aromatic N) is 2. The predicted octanol–water partition coefficient (Wildman–Crippen LogP) is 2.36. The van der Waals surface area contributed by atoms with Crippen LogP contribution in [0.15, 0.2) is 22.7 Å². The zero-order chi connectivity index (χ0) is 14.1. The van der Waals surface area contributed by atoms with Gasteiger partial charge in [0.05, 0.1) is 12.1 Å². The number of aromatic nitrogens is 2. The van der Waals surface area contributed by atoms with Gasteiger partial charge in [-0.2, -0.15) is 4.98 Å². The van der Waals surface area contributed by atoms with Crippen molar-refractivity contribution >= 4 is 23.2 Å². The van der Waals surface area contributed by atoms with Gasteiger partial charge in [0.15, 0.2) is 5.82 Å². The van der Waals surface area contributed by atoms with Crippen LogP contribution in [0.25, 0.3) is 0 Å². The van der Waals surface area contributed by atoms with Crippen molar-refractivity contribution < 1.29 is 9.63 Å². The average molecular weight is 314 g/mol. The van der Waals surface area contributed by atoms with Gasteiger partial charge in [-0.3, -0.25) is 0 Å². The summed E-state index contributed by atoms with van der Waals surface area (Å²) in [6, 6.07) is 5.25. The van der Waals surface area contributed by atoms with E-state index in [0.29, 0.717) is 41.1 Å². The van der Waals surface area contributed by atoms with E-state index in [-0.39, 0.29) is 12.1 Å². The van der Waals surface area contributed by atoms with E-state index in [2.05, 4.69) is 15.5 Å². The second kappa shape index (κ2) is 5.69. The van der Waals surface area contributed by atoms with Crippen molar-refractivity contribution in [1.29, 1.82) is 0 Å². The standard InChI is InChI=1S/C13H13Cl2N3O2/c14-9-2-1-3-10(15)8(9)5-12-17-13(20-18-12)11-4-7(19)6-16-11/h1-3,7,11,16,19H,4-6H2/t7-,11+/m1/s1. The summed E-state index contributed by atoms with van der Waals surface area (Å²) >= 11 is 12.2. The van der Waals surface area contributed by atoms with Crippen LogP contribution in [-0.2, 0) is 6.42 Å². The number of benzene rings is 1. The molecule has 5 nitrogen and oxygen atoms in total. The van der Waals surface area contributed by atoms with Crippen molar-refractivity contribution in [3.05, 3.63) is 45.5 Å². The summed E-state index contributed by atoms with van der Waals surface area (Å²) in [5.41, 5.74) is 0.780. The second-order valence-corrected chi connectivity index (χ2v) is 5.59. The lowest BCUT2D eigenvalue weighted by Gasteiger charge is -2.03. The van der Waals surface area contributed by atoms with Crippen molar-refractivity contribution in [2.75, 3.05) is 6.54 Å². The van der Waals surface area contributed by atoms with E-state index in [1.807, 2.05) is 0 Å². The summed E-state index contributed by atoms with van der Waals surface area (Å²) < 4.78 is 5.23. The minimum Gasteiger partial charge on any atom is -0.392 e. The maximum atomic E-state index is 9.49.